The smallest absolute Gasteiger partial charge is 0.324 e. The first-order valence-electron chi connectivity index (χ1n) is 9.62. The van der Waals surface area contributed by atoms with E-state index in [0.29, 0.717) is 0 Å². The molecule has 0 heterocycles. The molecule has 0 saturated carbocycles. The van der Waals surface area contributed by atoms with E-state index < -0.39 is 99.4 Å². The van der Waals surface area contributed by atoms with Crippen molar-refractivity contribution >= 4 is 60.8 Å². The first kappa shape index (κ1) is 43.1. The standard InChI is InChI=1S/C8H28N2O24P8/c1-2(3(35(11,12)13)36(14,15)16)7(9,4(37(17,18)19)38(20,21)22)8(10,5(39(23,24)25)40(26,27)28)6(41(29,30)31)42(32,33)34/h2-6H,9-10H2,1H3,(H2,11,12,13)(H2,14,15,16)(H2,17,18,19)(H2,20,21,22)(H2,23,24,25)(H2,26,27,28)(H2,29,30,31)(H2,32,33,34). The van der Waals surface area contributed by atoms with Crippen LogP contribution in [0.5, 0.6) is 0 Å². The van der Waals surface area contributed by atoms with Gasteiger partial charge in [-0.1, -0.05) is 6.92 Å². The second-order valence-corrected chi connectivity index (χ2v) is 24.2. The van der Waals surface area contributed by atoms with Gasteiger partial charge in [0.25, 0.3) is 0 Å². The predicted molar refractivity (Wildman–Crippen MR) is 135 cm³/mol. The first-order valence-corrected chi connectivity index (χ1v) is 23.1. The van der Waals surface area contributed by atoms with Gasteiger partial charge in [-0.25, -0.2) is 0 Å². The summed E-state index contributed by atoms with van der Waals surface area (Å²) in [5.74, 6) is -3.74. The van der Waals surface area contributed by atoms with Gasteiger partial charge in [-0.15, -0.1) is 0 Å². The molecule has 0 amide bonds. The molecule has 20 N–H and O–H groups in total. The fourth-order valence-electron chi connectivity index (χ4n) is 4.72. The Bertz CT molecular complexity index is 1280. The molecule has 2 unspecified atom stereocenters. The molecule has 0 bridgehead atoms. The fraction of sp³-hybridized carbons (Fsp3) is 1.00. The second-order valence-electron chi connectivity index (χ2n) is 8.90. The lowest BCUT2D eigenvalue weighted by atomic mass is 9.73. The van der Waals surface area contributed by atoms with E-state index in [9.17, 15) is 115 Å². The van der Waals surface area contributed by atoms with Crippen molar-refractivity contribution in [1.82, 2.24) is 0 Å². The summed E-state index contributed by atoms with van der Waals surface area (Å²) in [7, 11) is -56.1. The zero-order chi connectivity index (χ0) is 34.9. The van der Waals surface area contributed by atoms with Gasteiger partial charge in [-0.2, -0.15) is 0 Å². The normalized spacial score (nSPS) is 18.2. The summed E-state index contributed by atoms with van der Waals surface area (Å²) in [5, 5.41) is -18.0. The highest BCUT2D eigenvalue weighted by Gasteiger charge is 2.80. The third-order valence-electron chi connectivity index (χ3n) is 5.83. The summed E-state index contributed by atoms with van der Waals surface area (Å²) in [6.07, 6.45) is 0. The molecule has 0 rings (SSSR count). The first-order chi connectivity index (χ1) is 17.6. The Kier molecular flexibility index (Phi) is 12.6. The highest BCUT2D eigenvalue weighted by molar-refractivity contribution is 7.74. The SMILES string of the molecule is CC(C(P(=O)(O)O)P(=O)(O)O)C(N)(C(P(=O)(O)O)P(=O)(O)O)C(N)(C(P(=O)(O)O)P(=O)(O)O)C(P(=O)(O)O)P(=O)(O)O. The lowest BCUT2D eigenvalue weighted by molar-refractivity contribution is 0.127. The van der Waals surface area contributed by atoms with E-state index >= 15 is 0 Å². The molecule has 34 heteroatoms. The van der Waals surface area contributed by atoms with Gasteiger partial charge in [0.15, 0.2) is 21.6 Å². The van der Waals surface area contributed by atoms with Crippen molar-refractivity contribution in [3.63, 3.8) is 0 Å². The minimum Gasteiger partial charge on any atom is -0.324 e. The van der Waals surface area contributed by atoms with E-state index in [2.05, 4.69) is 0 Å². The van der Waals surface area contributed by atoms with Crippen LogP contribution in [-0.2, 0) is 36.5 Å². The van der Waals surface area contributed by atoms with Crippen LogP contribution < -0.4 is 11.5 Å². The molecule has 42 heavy (non-hydrogen) atoms. The molecule has 0 aliphatic heterocycles. The maximum atomic E-state index is 12.4. The molecule has 26 nitrogen and oxygen atoms in total. The monoisotopic (exact) mass is 784 g/mol. The summed E-state index contributed by atoms with van der Waals surface area (Å²) in [5.41, 5.74) is 0.550. The van der Waals surface area contributed by atoms with Gasteiger partial charge in [-0.05, 0) is 0 Å². The minimum atomic E-state index is -7.15. The Hall–Kier alpha value is 1.12. The number of rotatable bonds is 14. The van der Waals surface area contributed by atoms with E-state index in [-0.39, 0.29) is 6.92 Å². The quantitative estimate of drug-likeness (QED) is 0.0741. The predicted octanol–water partition coefficient (Wildman–Crippen LogP) is -4.26. The molecular formula is C8H28N2O24P8. The van der Waals surface area contributed by atoms with Gasteiger partial charge in [0.05, 0.1) is 11.1 Å². The van der Waals surface area contributed by atoms with Crippen molar-refractivity contribution in [2.75, 3.05) is 0 Å². The van der Waals surface area contributed by atoms with E-state index in [1.165, 1.54) is 0 Å². The fourth-order valence-corrected chi connectivity index (χ4v) is 18.9. The third kappa shape index (κ3) is 8.92. The third-order valence-corrected chi connectivity index (χ3v) is 21.7. The summed E-state index contributed by atoms with van der Waals surface area (Å²) in [4.78, 5) is 156. The highest BCUT2D eigenvalue weighted by Crippen LogP contribution is 2.79. The summed E-state index contributed by atoms with van der Waals surface area (Å²) < 4.78 is 98.8. The highest BCUT2D eigenvalue weighted by atomic mass is 31.3. The van der Waals surface area contributed by atoms with Crippen molar-refractivity contribution in [3.05, 3.63) is 0 Å². The Morgan fingerprint density at radius 2 is 0.548 bits per heavy atom. The van der Waals surface area contributed by atoms with Crippen LogP contribution in [0.4, 0.5) is 0 Å². The van der Waals surface area contributed by atoms with Crippen LogP contribution in [0.1, 0.15) is 6.92 Å². The van der Waals surface area contributed by atoms with Gasteiger partial charge >= 0.3 is 60.8 Å². The van der Waals surface area contributed by atoms with E-state index in [0.717, 1.165) is 0 Å². The zero-order valence-corrected chi connectivity index (χ0v) is 27.2. The van der Waals surface area contributed by atoms with Crippen LogP contribution >= 0.6 is 60.8 Å². The number of hydrogen-bond acceptors (Lipinski definition) is 10. The van der Waals surface area contributed by atoms with Crippen LogP contribution in [0.3, 0.4) is 0 Å². The molecule has 0 aliphatic rings. The van der Waals surface area contributed by atoms with Crippen molar-refractivity contribution in [2.45, 2.75) is 39.6 Å². The Morgan fingerprint density at radius 1 is 0.381 bits per heavy atom. The summed E-state index contributed by atoms with van der Waals surface area (Å²) in [6.45, 7) is -0.185. The molecule has 0 spiro atoms. The van der Waals surface area contributed by atoms with Gasteiger partial charge in [0.1, 0.15) is 0 Å². The van der Waals surface area contributed by atoms with Gasteiger partial charge < -0.3 is 89.8 Å². The molecule has 254 valence electrons. The molecule has 0 fully saturated rings. The van der Waals surface area contributed by atoms with Crippen molar-refractivity contribution in [1.29, 1.82) is 0 Å². The van der Waals surface area contributed by atoms with Crippen molar-refractivity contribution < 1.29 is 115 Å². The largest absolute Gasteiger partial charge is 0.342 e. The lowest BCUT2D eigenvalue weighted by Gasteiger charge is -2.58. The molecular weight excluding hydrogens is 756 g/mol. The maximum absolute atomic E-state index is 12.4. The average Bonchev–Trinajstić information content (AvgIpc) is 2.49. The van der Waals surface area contributed by atoms with E-state index in [4.69, 9.17) is 11.5 Å². The van der Waals surface area contributed by atoms with E-state index in [1.807, 2.05) is 0 Å². The molecule has 2 atom stereocenters. The molecule has 0 aliphatic carbocycles. The Balaban J connectivity index is 9.50. The van der Waals surface area contributed by atoms with Gasteiger partial charge in [-0.3, -0.25) is 36.5 Å². The van der Waals surface area contributed by atoms with Crippen LogP contribution in [-0.4, -0.2) is 111 Å². The molecule has 0 radical (unpaired) electrons. The number of hydrogen-bond donors (Lipinski definition) is 18. The van der Waals surface area contributed by atoms with Crippen LogP contribution in [0.25, 0.3) is 0 Å². The zero-order valence-electron chi connectivity index (χ0n) is 20.0. The summed E-state index contributed by atoms with van der Waals surface area (Å²) in [6, 6.07) is 0. The molecule has 0 aromatic carbocycles. The number of nitrogens with two attached hydrogens (primary N) is 2. The van der Waals surface area contributed by atoms with Crippen LogP contribution in [0.2, 0.25) is 0 Å². The van der Waals surface area contributed by atoms with Gasteiger partial charge in [0.2, 0.25) is 0 Å². The minimum absolute atomic E-state index is 0.185. The average molecular weight is 784 g/mol. The molecule has 0 aromatic rings. The topological polar surface area (TPSA) is 512 Å². The second kappa shape index (κ2) is 12.3. The molecule has 0 aromatic heterocycles. The van der Waals surface area contributed by atoms with Crippen LogP contribution in [0, 0.1) is 5.92 Å². The maximum Gasteiger partial charge on any atom is 0.342 e. The van der Waals surface area contributed by atoms with Crippen molar-refractivity contribution in [3.8, 4) is 0 Å². The molecule has 0 saturated heterocycles. The Labute approximate surface area is 232 Å². The van der Waals surface area contributed by atoms with E-state index in [1.54, 1.807) is 0 Å². The summed E-state index contributed by atoms with van der Waals surface area (Å²) >= 11 is 0. The van der Waals surface area contributed by atoms with Crippen molar-refractivity contribution in [2.24, 2.45) is 17.4 Å². The van der Waals surface area contributed by atoms with Crippen LogP contribution in [0.15, 0.2) is 0 Å². The lowest BCUT2D eigenvalue weighted by Crippen LogP contribution is -2.82. The Morgan fingerprint density at radius 3 is 0.690 bits per heavy atom. The van der Waals surface area contributed by atoms with Gasteiger partial charge in [0, 0.05) is 5.92 Å².